The van der Waals surface area contributed by atoms with E-state index >= 15 is 0 Å². The SMILES string of the molecule is CC1(C)[C@H]2CC=C(O[Si](C)(C)C(C)(C)C)[C@H]1C[C@@H]1C(=O)[C@H](O)CC[C@@]1(C)C(=O)C2. The van der Waals surface area contributed by atoms with E-state index in [1.54, 1.807) is 0 Å². The Kier molecular flexibility index (Phi) is 5.52. The van der Waals surface area contributed by atoms with Crippen molar-refractivity contribution in [3.05, 3.63) is 11.8 Å². The molecule has 0 amide bonds. The van der Waals surface area contributed by atoms with Gasteiger partial charge in [-0.05, 0) is 61.2 Å². The maximum absolute atomic E-state index is 13.3. The summed E-state index contributed by atoms with van der Waals surface area (Å²) in [6, 6.07) is 0. The monoisotopic (exact) mass is 420 g/mol. The zero-order valence-corrected chi connectivity index (χ0v) is 20.6. The summed E-state index contributed by atoms with van der Waals surface area (Å²) in [6.45, 7) is 17.7. The van der Waals surface area contributed by atoms with Crippen molar-refractivity contribution >= 4 is 19.9 Å². The van der Waals surface area contributed by atoms with Gasteiger partial charge in [-0.3, -0.25) is 9.59 Å². The zero-order valence-electron chi connectivity index (χ0n) is 19.6. The summed E-state index contributed by atoms with van der Waals surface area (Å²) < 4.78 is 6.80. The molecular formula is C24H40O4Si. The van der Waals surface area contributed by atoms with E-state index in [0.717, 1.165) is 12.2 Å². The van der Waals surface area contributed by atoms with Gasteiger partial charge in [-0.25, -0.2) is 0 Å². The molecule has 2 saturated carbocycles. The van der Waals surface area contributed by atoms with Gasteiger partial charge in [0.15, 0.2) is 5.78 Å². The van der Waals surface area contributed by atoms with Gasteiger partial charge in [-0.15, -0.1) is 0 Å². The lowest BCUT2D eigenvalue weighted by Gasteiger charge is -2.53. The van der Waals surface area contributed by atoms with Crippen LogP contribution in [0.5, 0.6) is 0 Å². The Morgan fingerprint density at radius 2 is 1.76 bits per heavy atom. The van der Waals surface area contributed by atoms with Gasteiger partial charge in [-0.1, -0.05) is 41.5 Å². The minimum absolute atomic E-state index is 0.0950. The molecule has 2 bridgehead atoms. The first-order valence-electron chi connectivity index (χ1n) is 11.3. The van der Waals surface area contributed by atoms with Crippen LogP contribution in [0.2, 0.25) is 18.1 Å². The van der Waals surface area contributed by atoms with Crippen LogP contribution in [0.4, 0.5) is 0 Å². The van der Waals surface area contributed by atoms with Gasteiger partial charge in [0.2, 0.25) is 8.32 Å². The van der Waals surface area contributed by atoms with Crippen LogP contribution >= 0.6 is 0 Å². The van der Waals surface area contributed by atoms with Crippen LogP contribution < -0.4 is 0 Å². The average molecular weight is 421 g/mol. The first-order valence-corrected chi connectivity index (χ1v) is 14.2. The van der Waals surface area contributed by atoms with Crippen molar-refractivity contribution in [1.82, 2.24) is 0 Å². The number of carbonyl (C=O) groups is 2. The van der Waals surface area contributed by atoms with E-state index in [1.165, 1.54) is 0 Å². The lowest BCUT2D eigenvalue weighted by atomic mass is 9.52. The highest BCUT2D eigenvalue weighted by molar-refractivity contribution is 6.74. The molecule has 3 aliphatic carbocycles. The minimum atomic E-state index is -2.02. The van der Waals surface area contributed by atoms with E-state index in [2.05, 4.69) is 53.8 Å². The van der Waals surface area contributed by atoms with E-state index < -0.39 is 25.8 Å². The second-order valence-electron chi connectivity index (χ2n) is 12.1. The van der Waals surface area contributed by atoms with E-state index in [-0.39, 0.29) is 33.9 Å². The molecular weight excluding hydrogens is 380 g/mol. The summed E-state index contributed by atoms with van der Waals surface area (Å²) in [7, 11) is -2.02. The van der Waals surface area contributed by atoms with Crippen LogP contribution in [0.15, 0.2) is 11.8 Å². The van der Waals surface area contributed by atoms with Crippen LogP contribution in [-0.4, -0.2) is 31.1 Å². The van der Waals surface area contributed by atoms with Crippen molar-refractivity contribution in [3.63, 3.8) is 0 Å². The average Bonchev–Trinajstić information content (AvgIpc) is 2.58. The summed E-state index contributed by atoms with van der Waals surface area (Å²) in [5.41, 5.74) is -0.769. The number of Topliss-reactive ketones (excluding diaryl/α,β-unsaturated/α-hetero) is 2. The van der Waals surface area contributed by atoms with Gasteiger partial charge in [0.1, 0.15) is 11.9 Å². The fourth-order valence-electron chi connectivity index (χ4n) is 5.38. The third-order valence-electron chi connectivity index (χ3n) is 8.99. The summed E-state index contributed by atoms with van der Waals surface area (Å²) in [4.78, 5) is 26.4. The van der Waals surface area contributed by atoms with Gasteiger partial charge < -0.3 is 9.53 Å². The summed E-state index contributed by atoms with van der Waals surface area (Å²) in [5.74, 6) is 1.05. The lowest BCUT2D eigenvalue weighted by Crippen LogP contribution is -2.54. The van der Waals surface area contributed by atoms with Gasteiger partial charge in [0, 0.05) is 23.7 Å². The Morgan fingerprint density at radius 3 is 2.34 bits per heavy atom. The highest BCUT2D eigenvalue weighted by Crippen LogP contribution is 2.57. The molecule has 0 aromatic heterocycles. The van der Waals surface area contributed by atoms with Crippen LogP contribution in [0.25, 0.3) is 0 Å². The quantitative estimate of drug-likeness (QED) is 0.619. The fourth-order valence-corrected chi connectivity index (χ4v) is 6.51. The second kappa shape index (κ2) is 7.05. The molecule has 5 heteroatoms. The molecule has 1 N–H and O–H groups in total. The molecule has 0 aromatic rings. The first-order chi connectivity index (χ1) is 13.1. The molecule has 4 nitrogen and oxygen atoms in total. The van der Waals surface area contributed by atoms with Crippen molar-refractivity contribution in [2.75, 3.05) is 0 Å². The predicted molar refractivity (Wildman–Crippen MR) is 118 cm³/mol. The molecule has 0 aliphatic heterocycles. The zero-order chi connectivity index (χ0) is 22.0. The van der Waals surface area contributed by atoms with Crippen molar-refractivity contribution in [2.45, 2.75) is 97.9 Å². The highest BCUT2D eigenvalue weighted by Gasteiger charge is 2.57. The maximum Gasteiger partial charge on any atom is 0.250 e. The molecule has 0 saturated heterocycles. The largest absolute Gasteiger partial charge is 0.547 e. The smallest absolute Gasteiger partial charge is 0.250 e. The summed E-state index contributed by atoms with van der Waals surface area (Å²) >= 11 is 0. The molecule has 0 spiro atoms. The number of fused-ring (bicyclic) bond motifs is 3. The molecule has 0 radical (unpaired) electrons. The normalized spacial score (nSPS) is 37.9. The molecule has 0 unspecified atom stereocenters. The minimum Gasteiger partial charge on any atom is -0.547 e. The van der Waals surface area contributed by atoms with Gasteiger partial charge in [-0.2, -0.15) is 0 Å². The van der Waals surface area contributed by atoms with Crippen LogP contribution in [-0.2, 0) is 14.0 Å². The first kappa shape index (κ1) is 22.7. The second-order valence-corrected chi connectivity index (χ2v) is 16.8. The highest BCUT2D eigenvalue weighted by atomic mass is 28.4. The van der Waals surface area contributed by atoms with Crippen molar-refractivity contribution in [1.29, 1.82) is 0 Å². The molecule has 3 rings (SSSR count). The Bertz CT molecular complexity index is 730. The molecule has 5 atom stereocenters. The Labute approximate surface area is 177 Å². The number of hydrogen-bond donors (Lipinski definition) is 1. The van der Waals surface area contributed by atoms with E-state index in [4.69, 9.17) is 4.43 Å². The molecule has 2 fully saturated rings. The summed E-state index contributed by atoms with van der Waals surface area (Å²) in [6.07, 6.45) is 4.25. The van der Waals surface area contributed by atoms with Crippen LogP contribution in [0.3, 0.4) is 0 Å². The molecule has 29 heavy (non-hydrogen) atoms. The number of aliphatic hydroxyl groups is 1. The standard InChI is InChI=1S/C24H40O4Si/c1-22(2,3)29(7,8)28-19-10-9-15-13-20(26)24(6)12-11-18(25)21(27)17(24)14-16(19)23(15,4)5/h10,15-18,25H,9,11-14H2,1-8H3/t15-,16+,17+,18+,24+/m0/s1. The Morgan fingerprint density at radius 1 is 1.14 bits per heavy atom. The third kappa shape index (κ3) is 3.67. The number of hydrogen-bond acceptors (Lipinski definition) is 4. The third-order valence-corrected chi connectivity index (χ3v) is 13.4. The maximum atomic E-state index is 13.3. The van der Waals surface area contributed by atoms with Gasteiger partial charge in [0.25, 0.3) is 0 Å². The fraction of sp³-hybridized carbons (Fsp3) is 0.833. The topological polar surface area (TPSA) is 63.6 Å². The van der Waals surface area contributed by atoms with E-state index in [0.29, 0.717) is 25.7 Å². The van der Waals surface area contributed by atoms with Crippen LogP contribution in [0, 0.1) is 28.6 Å². The lowest BCUT2D eigenvalue weighted by molar-refractivity contribution is -0.155. The molecule has 164 valence electrons. The van der Waals surface area contributed by atoms with E-state index in [9.17, 15) is 14.7 Å². The molecule has 3 aliphatic rings. The molecule has 0 heterocycles. The Hall–Kier alpha value is -0.943. The molecule has 0 aromatic carbocycles. The van der Waals surface area contributed by atoms with Crippen molar-refractivity contribution in [2.24, 2.45) is 28.6 Å². The van der Waals surface area contributed by atoms with E-state index in [1.807, 2.05) is 6.92 Å². The van der Waals surface area contributed by atoms with Crippen molar-refractivity contribution < 1.29 is 19.1 Å². The number of ketones is 2. The number of allylic oxidation sites excluding steroid dienone is 2. The Balaban J connectivity index is 2.04. The summed E-state index contributed by atoms with van der Waals surface area (Å²) in [5, 5.41) is 10.4. The number of aliphatic hydroxyl groups excluding tert-OH is 1. The predicted octanol–water partition coefficient (Wildman–Crippen LogP) is 5.26. The van der Waals surface area contributed by atoms with Crippen LogP contribution in [0.1, 0.15) is 73.6 Å². The number of carbonyl (C=O) groups excluding carboxylic acids is 2. The van der Waals surface area contributed by atoms with Gasteiger partial charge in [0.05, 0.1) is 5.76 Å². The van der Waals surface area contributed by atoms with Crippen molar-refractivity contribution in [3.8, 4) is 0 Å². The van der Waals surface area contributed by atoms with Gasteiger partial charge >= 0.3 is 0 Å². The number of rotatable bonds is 2.